The van der Waals surface area contributed by atoms with Crippen molar-refractivity contribution in [3.8, 4) is 0 Å². The average Bonchev–Trinajstić information content (AvgIpc) is 2.90. The van der Waals surface area contributed by atoms with E-state index in [0.717, 1.165) is 24.3 Å². The number of amides is 3. The molecule has 0 aromatic heterocycles. The Bertz CT molecular complexity index is 629. The molecule has 1 heterocycles. The molecule has 3 rings (SSSR count). The van der Waals surface area contributed by atoms with E-state index < -0.39 is 0 Å². The Balaban J connectivity index is 1.47. The highest BCUT2D eigenvalue weighted by molar-refractivity contribution is 6.30. The predicted molar refractivity (Wildman–Crippen MR) is 98.4 cm³/mol. The van der Waals surface area contributed by atoms with E-state index in [2.05, 4.69) is 12.2 Å². The average molecular weight is 364 g/mol. The van der Waals surface area contributed by atoms with E-state index >= 15 is 0 Å². The molecule has 1 saturated heterocycles. The number of benzene rings is 1. The maximum atomic E-state index is 12.5. The van der Waals surface area contributed by atoms with Gasteiger partial charge in [0.15, 0.2) is 0 Å². The van der Waals surface area contributed by atoms with Crippen molar-refractivity contribution in [1.82, 2.24) is 15.1 Å². The molecule has 0 radical (unpaired) electrons. The fourth-order valence-corrected chi connectivity index (χ4v) is 3.85. The van der Waals surface area contributed by atoms with Gasteiger partial charge in [0, 0.05) is 30.7 Å². The minimum Gasteiger partial charge on any atom is -0.352 e. The Morgan fingerprint density at radius 2 is 1.92 bits per heavy atom. The van der Waals surface area contributed by atoms with Crippen LogP contribution in [0.25, 0.3) is 0 Å². The van der Waals surface area contributed by atoms with Gasteiger partial charge in [-0.2, -0.15) is 0 Å². The van der Waals surface area contributed by atoms with E-state index in [9.17, 15) is 9.59 Å². The third-order valence-corrected chi connectivity index (χ3v) is 5.39. The van der Waals surface area contributed by atoms with Crippen molar-refractivity contribution in [2.45, 2.75) is 45.2 Å². The van der Waals surface area contributed by atoms with Gasteiger partial charge in [0.1, 0.15) is 6.54 Å². The van der Waals surface area contributed by atoms with E-state index in [1.807, 2.05) is 24.3 Å². The summed E-state index contributed by atoms with van der Waals surface area (Å²) in [5, 5.41) is 3.76. The lowest BCUT2D eigenvalue weighted by atomic mass is 9.87. The molecule has 1 aliphatic heterocycles. The summed E-state index contributed by atoms with van der Waals surface area (Å²) in [6, 6.07) is 7.72. The van der Waals surface area contributed by atoms with Crippen LogP contribution in [0.5, 0.6) is 0 Å². The van der Waals surface area contributed by atoms with Crippen LogP contribution in [0.2, 0.25) is 5.02 Å². The zero-order valence-electron chi connectivity index (χ0n) is 14.7. The van der Waals surface area contributed by atoms with E-state index in [4.69, 9.17) is 11.6 Å². The van der Waals surface area contributed by atoms with Gasteiger partial charge in [-0.1, -0.05) is 30.7 Å². The molecule has 1 N–H and O–H groups in total. The Morgan fingerprint density at radius 1 is 1.20 bits per heavy atom. The van der Waals surface area contributed by atoms with Crippen molar-refractivity contribution in [1.29, 1.82) is 0 Å². The van der Waals surface area contributed by atoms with Crippen molar-refractivity contribution in [2.24, 2.45) is 5.92 Å². The molecule has 136 valence electrons. The van der Waals surface area contributed by atoms with Crippen LogP contribution < -0.4 is 5.32 Å². The molecule has 1 aromatic rings. The van der Waals surface area contributed by atoms with Gasteiger partial charge in [-0.3, -0.25) is 4.79 Å². The zero-order chi connectivity index (χ0) is 17.8. The minimum atomic E-state index is -0.0765. The van der Waals surface area contributed by atoms with E-state index in [1.165, 1.54) is 12.8 Å². The number of nitrogens with one attached hydrogen (secondary N) is 1. The highest BCUT2D eigenvalue weighted by Crippen LogP contribution is 2.23. The van der Waals surface area contributed by atoms with Crippen molar-refractivity contribution < 1.29 is 9.59 Å². The molecule has 0 bridgehead atoms. The lowest BCUT2D eigenvalue weighted by Gasteiger charge is -2.27. The summed E-state index contributed by atoms with van der Waals surface area (Å²) in [4.78, 5) is 28.2. The number of hydrogen-bond donors (Lipinski definition) is 1. The van der Waals surface area contributed by atoms with Crippen molar-refractivity contribution in [3.05, 3.63) is 34.9 Å². The van der Waals surface area contributed by atoms with Crippen LogP contribution in [0.3, 0.4) is 0 Å². The topological polar surface area (TPSA) is 52.7 Å². The molecule has 3 amide bonds. The number of carbonyl (C=O) groups excluding carboxylic acids is 2. The summed E-state index contributed by atoms with van der Waals surface area (Å²) in [6.07, 6.45) is 4.42. The van der Waals surface area contributed by atoms with Crippen LogP contribution in [0, 0.1) is 5.92 Å². The molecule has 6 heteroatoms. The Labute approximate surface area is 154 Å². The summed E-state index contributed by atoms with van der Waals surface area (Å²) in [7, 11) is 0. The van der Waals surface area contributed by atoms with Crippen molar-refractivity contribution >= 4 is 23.5 Å². The third-order valence-electron chi connectivity index (χ3n) is 5.16. The van der Waals surface area contributed by atoms with Gasteiger partial charge in [0.2, 0.25) is 5.91 Å². The molecule has 0 unspecified atom stereocenters. The molecule has 2 aliphatic rings. The van der Waals surface area contributed by atoms with Crippen LogP contribution in [0.15, 0.2) is 24.3 Å². The Kier molecular flexibility index (Phi) is 5.84. The second-order valence-electron chi connectivity index (χ2n) is 7.28. The number of nitrogens with zero attached hydrogens (tertiary/aromatic N) is 2. The standard InChI is InChI=1S/C19H26ClN3O2/c1-14-5-7-17(8-6-14)21-18(24)13-23-10-9-22(19(23)25)12-15-3-2-4-16(20)11-15/h2-4,11,14,17H,5-10,12-13H2,1H3,(H,21,24). The quantitative estimate of drug-likeness (QED) is 0.872. The fraction of sp³-hybridized carbons (Fsp3) is 0.579. The number of urea groups is 1. The third kappa shape index (κ3) is 4.88. The molecule has 0 atom stereocenters. The highest BCUT2D eigenvalue weighted by Gasteiger charge is 2.30. The maximum Gasteiger partial charge on any atom is 0.320 e. The molecule has 5 nitrogen and oxygen atoms in total. The van der Waals surface area contributed by atoms with Gasteiger partial charge in [0.05, 0.1) is 0 Å². The van der Waals surface area contributed by atoms with Crippen molar-refractivity contribution in [3.63, 3.8) is 0 Å². The van der Waals surface area contributed by atoms with E-state index in [1.54, 1.807) is 9.80 Å². The summed E-state index contributed by atoms with van der Waals surface area (Å²) in [5.41, 5.74) is 1.00. The number of hydrogen-bond acceptors (Lipinski definition) is 2. The Morgan fingerprint density at radius 3 is 2.64 bits per heavy atom. The van der Waals surface area contributed by atoms with Crippen LogP contribution >= 0.6 is 11.6 Å². The molecular weight excluding hydrogens is 338 g/mol. The van der Waals surface area contributed by atoms with Gasteiger partial charge in [0.25, 0.3) is 0 Å². The monoisotopic (exact) mass is 363 g/mol. The zero-order valence-corrected chi connectivity index (χ0v) is 15.5. The van der Waals surface area contributed by atoms with Crippen molar-refractivity contribution in [2.75, 3.05) is 19.6 Å². The first-order chi connectivity index (χ1) is 12.0. The highest BCUT2D eigenvalue weighted by atomic mass is 35.5. The van der Waals surface area contributed by atoms with E-state index in [0.29, 0.717) is 24.7 Å². The molecule has 2 fully saturated rings. The van der Waals surface area contributed by atoms with Crippen LogP contribution in [0.4, 0.5) is 4.79 Å². The SMILES string of the molecule is CC1CCC(NC(=O)CN2CCN(Cc3cccc(Cl)c3)C2=O)CC1. The predicted octanol–water partition coefficient (Wildman–Crippen LogP) is 3.27. The Hall–Kier alpha value is -1.75. The maximum absolute atomic E-state index is 12.5. The van der Waals surface area contributed by atoms with Crippen LogP contribution in [0.1, 0.15) is 38.2 Å². The van der Waals surface area contributed by atoms with Gasteiger partial charge >= 0.3 is 6.03 Å². The van der Waals surface area contributed by atoms with Gasteiger partial charge in [-0.25, -0.2) is 4.79 Å². The van der Waals surface area contributed by atoms with Crippen LogP contribution in [-0.2, 0) is 11.3 Å². The second kappa shape index (κ2) is 8.09. The number of carbonyl (C=O) groups is 2. The first kappa shape index (κ1) is 18.1. The normalized spacial score (nSPS) is 23.8. The first-order valence-corrected chi connectivity index (χ1v) is 9.46. The first-order valence-electron chi connectivity index (χ1n) is 9.09. The molecule has 0 spiro atoms. The lowest BCUT2D eigenvalue weighted by Crippen LogP contribution is -2.44. The molecular formula is C19H26ClN3O2. The van der Waals surface area contributed by atoms with Crippen LogP contribution in [-0.4, -0.2) is 47.4 Å². The number of halogens is 1. The fourth-order valence-electron chi connectivity index (χ4n) is 3.63. The number of rotatable bonds is 5. The summed E-state index contributed by atoms with van der Waals surface area (Å²) < 4.78 is 0. The summed E-state index contributed by atoms with van der Waals surface area (Å²) in [5.74, 6) is 0.714. The smallest absolute Gasteiger partial charge is 0.320 e. The molecule has 1 aromatic carbocycles. The van der Waals surface area contributed by atoms with E-state index in [-0.39, 0.29) is 24.5 Å². The van der Waals surface area contributed by atoms with Gasteiger partial charge in [-0.05, 0) is 49.3 Å². The molecule has 1 aliphatic carbocycles. The second-order valence-corrected chi connectivity index (χ2v) is 7.72. The van der Waals surface area contributed by atoms with Gasteiger partial charge < -0.3 is 15.1 Å². The lowest BCUT2D eigenvalue weighted by molar-refractivity contribution is -0.122. The summed E-state index contributed by atoms with van der Waals surface area (Å²) >= 11 is 6.00. The minimum absolute atomic E-state index is 0.0440. The molecule has 25 heavy (non-hydrogen) atoms. The van der Waals surface area contributed by atoms with Gasteiger partial charge in [-0.15, -0.1) is 0 Å². The largest absolute Gasteiger partial charge is 0.352 e. The molecule has 1 saturated carbocycles. The summed E-state index contributed by atoms with van der Waals surface area (Å²) in [6.45, 7) is 4.17.